The van der Waals surface area contributed by atoms with Crippen LogP contribution in [-0.4, -0.2) is 14.2 Å². The van der Waals surface area contributed by atoms with Gasteiger partial charge in [-0.25, -0.2) is 4.39 Å². The molecule has 0 aliphatic rings. The number of ether oxygens (including phenoxy) is 1. The minimum atomic E-state index is -0.195. The van der Waals surface area contributed by atoms with E-state index in [0.29, 0.717) is 0 Å². The van der Waals surface area contributed by atoms with Gasteiger partial charge in [0, 0.05) is 5.56 Å². The number of aryl methyl sites for hydroxylation is 3. The molecule has 0 amide bonds. The molecule has 0 aliphatic heterocycles. The zero-order chi connectivity index (χ0) is 15.6. The first kappa shape index (κ1) is 15.5. The van der Waals surface area contributed by atoms with Crippen molar-refractivity contribution in [2.24, 2.45) is 0 Å². The number of halogens is 1. The van der Waals surface area contributed by atoms with Gasteiger partial charge in [0.25, 0.3) is 0 Å². The van der Waals surface area contributed by atoms with Crippen LogP contribution >= 0.6 is 0 Å². The van der Waals surface area contributed by atoms with Crippen LogP contribution in [0.5, 0.6) is 5.75 Å². The Hall–Kier alpha value is -1.87. The fourth-order valence-electron chi connectivity index (χ4n) is 2.91. The van der Waals surface area contributed by atoms with E-state index in [9.17, 15) is 4.39 Å². The van der Waals surface area contributed by atoms with Gasteiger partial charge in [0.1, 0.15) is 11.6 Å². The van der Waals surface area contributed by atoms with Crippen molar-refractivity contribution in [3.8, 4) is 5.75 Å². The lowest BCUT2D eigenvalue weighted by atomic mass is 9.90. The Kier molecular flexibility index (Phi) is 4.63. The molecule has 112 valence electrons. The first-order valence-electron chi connectivity index (χ1n) is 7.06. The van der Waals surface area contributed by atoms with E-state index in [2.05, 4.69) is 18.3 Å². The van der Waals surface area contributed by atoms with Crippen LogP contribution in [0.4, 0.5) is 4.39 Å². The molecule has 2 nitrogen and oxygen atoms in total. The summed E-state index contributed by atoms with van der Waals surface area (Å²) in [5.41, 5.74) is 5.22. The van der Waals surface area contributed by atoms with E-state index in [1.807, 2.05) is 33.0 Å². The summed E-state index contributed by atoms with van der Waals surface area (Å²) in [7, 11) is 3.58. The molecule has 1 unspecified atom stereocenters. The Morgan fingerprint density at radius 1 is 1.05 bits per heavy atom. The van der Waals surface area contributed by atoms with Gasteiger partial charge < -0.3 is 10.1 Å². The van der Waals surface area contributed by atoms with Gasteiger partial charge in [-0.1, -0.05) is 17.7 Å². The van der Waals surface area contributed by atoms with Gasteiger partial charge >= 0.3 is 0 Å². The fourth-order valence-corrected chi connectivity index (χ4v) is 2.91. The summed E-state index contributed by atoms with van der Waals surface area (Å²) in [6.45, 7) is 5.94. The summed E-state index contributed by atoms with van der Waals surface area (Å²) < 4.78 is 19.0. The second kappa shape index (κ2) is 6.27. The highest BCUT2D eigenvalue weighted by molar-refractivity contribution is 5.48. The van der Waals surface area contributed by atoms with Crippen LogP contribution in [0.2, 0.25) is 0 Å². The van der Waals surface area contributed by atoms with Gasteiger partial charge in [0.2, 0.25) is 0 Å². The highest BCUT2D eigenvalue weighted by atomic mass is 19.1. The van der Waals surface area contributed by atoms with Gasteiger partial charge in [0.15, 0.2) is 0 Å². The lowest BCUT2D eigenvalue weighted by molar-refractivity contribution is 0.405. The maximum atomic E-state index is 13.5. The molecule has 0 saturated carbocycles. The monoisotopic (exact) mass is 287 g/mol. The van der Waals surface area contributed by atoms with Crippen LogP contribution < -0.4 is 10.1 Å². The van der Waals surface area contributed by atoms with E-state index in [4.69, 9.17) is 4.74 Å². The second-order valence-corrected chi connectivity index (χ2v) is 5.42. The summed E-state index contributed by atoms with van der Waals surface area (Å²) in [6, 6.07) is 9.25. The number of benzene rings is 2. The first-order chi connectivity index (χ1) is 9.97. The smallest absolute Gasteiger partial charge is 0.123 e. The maximum absolute atomic E-state index is 13.5. The zero-order valence-corrected chi connectivity index (χ0v) is 13.3. The quantitative estimate of drug-likeness (QED) is 0.915. The van der Waals surface area contributed by atoms with Crippen LogP contribution in [0.1, 0.15) is 33.9 Å². The van der Waals surface area contributed by atoms with E-state index in [1.165, 1.54) is 5.56 Å². The molecule has 2 aromatic rings. The fraction of sp³-hybridized carbons (Fsp3) is 0.333. The average molecular weight is 287 g/mol. The third kappa shape index (κ3) is 3.08. The summed E-state index contributed by atoms with van der Waals surface area (Å²) in [5.74, 6) is 0.642. The normalized spacial score (nSPS) is 12.3. The molecule has 0 aromatic heterocycles. The SMILES string of the molecule is CNC(c1cc(C)ccc1OC)c1c(C)cc(F)cc1C. The highest BCUT2D eigenvalue weighted by Crippen LogP contribution is 2.34. The summed E-state index contributed by atoms with van der Waals surface area (Å²) >= 11 is 0. The minimum Gasteiger partial charge on any atom is -0.496 e. The largest absolute Gasteiger partial charge is 0.496 e. The molecule has 1 atom stereocenters. The van der Waals surface area contributed by atoms with Gasteiger partial charge in [0.05, 0.1) is 13.2 Å². The molecule has 0 aliphatic carbocycles. The van der Waals surface area contributed by atoms with Crippen LogP contribution in [0, 0.1) is 26.6 Å². The van der Waals surface area contributed by atoms with E-state index in [0.717, 1.165) is 28.0 Å². The van der Waals surface area contributed by atoms with Crippen LogP contribution in [-0.2, 0) is 0 Å². The van der Waals surface area contributed by atoms with Gasteiger partial charge in [-0.05, 0) is 62.7 Å². The van der Waals surface area contributed by atoms with Crippen molar-refractivity contribution in [2.75, 3.05) is 14.2 Å². The van der Waals surface area contributed by atoms with Gasteiger partial charge in [-0.2, -0.15) is 0 Å². The minimum absolute atomic E-state index is 0.0274. The standard InChI is InChI=1S/C18H22FNO/c1-11-6-7-16(21-5)15(8-11)18(20-4)17-12(2)9-14(19)10-13(17)3/h6-10,18,20H,1-5H3. The number of nitrogens with one attached hydrogen (secondary N) is 1. The second-order valence-electron chi connectivity index (χ2n) is 5.42. The topological polar surface area (TPSA) is 21.3 Å². The maximum Gasteiger partial charge on any atom is 0.123 e. The van der Waals surface area contributed by atoms with Crippen molar-refractivity contribution in [1.29, 1.82) is 0 Å². The van der Waals surface area contributed by atoms with Crippen molar-refractivity contribution < 1.29 is 9.13 Å². The Morgan fingerprint density at radius 2 is 1.67 bits per heavy atom. The lowest BCUT2D eigenvalue weighted by Gasteiger charge is -2.24. The van der Waals surface area contributed by atoms with Crippen molar-refractivity contribution in [3.63, 3.8) is 0 Å². The molecule has 2 aromatic carbocycles. The van der Waals surface area contributed by atoms with E-state index >= 15 is 0 Å². The third-order valence-electron chi connectivity index (χ3n) is 3.83. The molecule has 0 bridgehead atoms. The lowest BCUT2D eigenvalue weighted by Crippen LogP contribution is -2.21. The van der Waals surface area contributed by atoms with Crippen LogP contribution in [0.15, 0.2) is 30.3 Å². The van der Waals surface area contributed by atoms with Crippen molar-refractivity contribution >= 4 is 0 Å². The molecule has 0 saturated heterocycles. The Balaban J connectivity index is 2.63. The van der Waals surface area contributed by atoms with Gasteiger partial charge in [-0.3, -0.25) is 0 Å². The molecule has 0 heterocycles. The summed E-state index contributed by atoms with van der Waals surface area (Å²) in [4.78, 5) is 0. The molecular formula is C18H22FNO. The van der Waals surface area contributed by atoms with Crippen LogP contribution in [0.3, 0.4) is 0 Å². The number of methoxy groups -OCH3 is 1. The van der Waals surface area contributed by atoms with E-state index in [1.54, 1.807) is 19.2 Å². The van der Waals surface area contributed by atoms with Crippen molar-refractivity contribution in [1.82, 2.24) is 5.32 Å². The Bertz CT molecular complexity index is 629. The molecule has 3 heteroatoms. The zero-order valence-electron chi connectivity index (χ0n) is 13.3. The number of hydrogen-bond donors (Lipinski definition) is 1. The average Bonchev–Trinajstić information content (AvgIpc) is 2.42. The van der Waals surface area contributed by atoms with Crippen molar-refractivity contribution in [2.45, 2.75) is 26.8 Å². The molecule has 21 heavy (non-hydrogen) atoms. The van der Waals surface area contributed by atoms with Crippen LogP contribution in [0.25, 0.3) is 0 Å². The number of rotatable bonds is 4. The Labute approximate surface area is 126 Å². The number of hydrogen-bond acceptors (Lipinski definition) is 2. The molecule has 0 radical (unpaired) electrons. The molecule has 0 spiro atoms. The van der Waals surface area contributed by atoms with E-state index in [-0.39, 0.29) is 11.9 Å². The van der Waals surface area contributed by atoms with Gasteiger partial charge in [-0.15, -0.1) is 0 Å². The Morgan fingerprint density at radius 3 is 2.19 bits per heavy atom. The highest BCUT2D eigenvalue weighted by Gasteiger charge is 2.21. The molecule has 0 fully saturated rings. The first-order valence-corrected chi connectivity index (χ1v) is 7.06. The van der Waals surface area contributed by atoms with Crippen molar-refractivity contribution in [3.05, 3.63) is 64.0 Å². The van der Waals surface area contributed by atoms with E-state index < -0.39 is 0 Å². The summed E-state index contributed by atoms with van der Waals surface area (Å²) in [5, 5.41) is 3.34. The third-order valence-corrected chi connectivity index (χ3v) is 3.83. The molecular weight excluding hydrogens is 265 g/mol. The molecule has 2 rings (SSSR count). The summed E-state index contributed by atoms with van der Waals surface area (Å²) in [6.07, 6.45) is 0. The predicted octanol–water partition coefficient (Wildman–Crippen LogP) is 4.07. The molecule has 1 N–H and O–H groups in total. The predicted molar refractivity (Wildman–Crippen MR) is 84.5 cm³/mol.